The van der Waals surface area contributed by atoms with Gasteiger partial charge in [-0.3, -0.25) is 0 Å². The molecular weight excluding hydrogens is 286 g/mol. The molecule has 10 heteroatoms. The van der Waals surface area contributed by atoms with Crippen molar-refractivity contribution in [1.29, 1.82) is 0 Å². The first-order valence-electron chi connectivity index (χ1n) is 1.61. The number of halogens is 6. The van der Waals surface area contributed by atoms with Crippen LogP contribution in [0.25, 0.3) is 0 Å². The fraction of sp³-hybridized carbons (Fsp3) is 0. The summed E-state index contributed by atoms with van der Waals surface area (Å²) in [5.74, 6) is 0. The van der Waals surface area contributed by atoms with Crippen LogP contribution in [0.1, 0.15) is 0 Å². The molecule has 0 aromatic rings. The molecule has 0 aromatic carbocycles. The molecule has 0 spiro atoms. The van der Waals surface area contributed by atoms with E-state index < -0.39 is 8.37 Å². The third-order valence-electron chi connectivity index (χ3n) is 0.406. The summed E-state index contributed by atoms with van der Waals surface area (Å²) in [7, 11) is -1.65. The van der Waals surface area contributed by atoms with Gasteiger partial charge in [0.25, 0.3) is 0 Å². The van der Waals surface area contributed by atoms with Crippen molar-refractivity contribution in [2.75, 3.05) is 0 Å². The van der Waals surface area contributed by atoms with Crippen LogP contribution in [-0.2, 0) is 0 Å². The zero-order chi connectivity index (χ0) is 8.31. The second-order valence-electron chi connectivity index (χ2n) is 0.914. The number of hydrogen-bond acceptors (Lipinski definition) is 3. The van der Waals surface area contributed by atoms with E-state index in [1.54, 1.807) is 0 Å². The van der Waals surface area contributed by atoms with E-state index in [0.29, 0.717) is 11.1 Å². The Morgan fingerprint density at radius 2 is 0.800 bits per heavy atom. The maximum atomic E-state index is 5.24. The van der Waals surface area contributed by atoms with E-state index >= 15 is 0 Å². The Balaban J connectivity index is 3.98. The van der Waals surface area contributed by atoms with E-state index in [1.165, 1.54) is 0 Å². The molecule has 0 aromatic heterocycles. The summed E-state index contributed by atoms with van der Waals surface area (Å²) in [6.07, 6.45) is 0. The first-order chi connectivity index (χ1) is 4.46. The summed E-state index contributed by atoms with van der Waals surface area (Å²) in [4.78, 5) is 0. The molecule has 0 saturated carbocycles. The van der Waals surface area contributed by atoms with Gasteiger partial charge < -0.3 is 0 Å². The minimum Gasteiger partial charge on any atom is -0.0745 e. The van der Waals surface area contributed by atoms with Gasteiger partial charge in [-0.2, -0.15) is 0 Å². The van der Waals surface area contributed by atoms with Gasteiger partial charge in [0.2, 0.25) is 8.37 Å². The van der Waals surface area contributed by atoms with Crippen LogP contribution in [0.3, 0.4) is 0 Å². The first kappa shape index (κ1) is 12.0. The predicted octanol–water partition coefficient (Wildman–Crippen LogP) is 4.04. The van der Waals surface area contributed by atoms with Gasteiger partial charge in [-0.15, -0.1) is 0 Å². The highest BCUT2D eigenvalue weighted by Crippen LogP contribution is 2.55. The van der Waals surface area contributed by atoms with Crippen molar-refractivity contribution >= 4 is 79.0 Å². The van der Waals surface area contributed by atoms with Crippen molar-refractivity contribution in [3.05, 3.63) is 0 Å². The highest BCUT2D eigenvalue weighted by molar-refractivity contribution is 7.58. The Morgan fingerprint density at radius 1 is 0.600 bits per heavy atom. The third kappa shape index (κ3) is 4.17. The van der Waals surface area contributed by atoms with E-state index in [0.717, 1.165) is 0 Å². The van der Waals surface area contributed by atoms with Crippen molar-refractivity contribution in [3.8, 4) is 0 Å². The largest absolute Gasteiger partial charge is 0.211 e. The zero-order valence-corrected chi connectivity index (χ0v) is 9.49. The molecule has 0 rings (SSSR count). The van der Waals surface area contributed by atoms with Crippen molar-refractivity contribution < 1.29 is 0 Å². The highest BCUT2D eigenvalue weighted by Gasteiger charge is 2.27. The molecule has 0 aliphatic heterocycles. The second-order valence-corrected chi connectivity index (χ2v) is 6.61. The molecule has 3 nitrogen and oxygen atoms in total. The fourth-order valence-electron chi connectivity index (χ4n) is 0.153. The Kier molecular flexibility index (Phi) is 6.81. The van der Waals surface area contributed by atoms with Crippen molar-refractivity contribution in [2.45, 2.75) is 0 Å². The normalized spacial score (nSPS) is 12.6. The van der Waals surface area contributed by atoms with E-state index in [1.807, 2.05) is 0 Å². The zero-order valence-electron chi connectivity index (χ0n) is 4.06. The van der Waals surface area contributed by atoms with Gasteiger partial charge in [-0.1, -0.05) is 11.1 Å². The van der Waals surface area contributed by atoms with Crippen LogP contribution in [0.2, 0.25) is 0 Å². The lowest BCUT2D eigenvalue weighted by Gasteiger charge is -2.21. The van der Waals surface area contributed by atoms with Gasteiger partial charge in [0.1, 0.15) is 0 Å². The van der Waals surface area contributed by atoms with E-state index in [2.05, 4.69) is 0 Å². The quantitative estimate of drug-likeness (QED) is 0.572. The number of hydrogen-bond donors (Lipinski definition) is 0. The molecule has 0 amide bonds. The van der Waals surface area contributed by atoms with Gasteiger partial charge in [-0.25, -0.2) is 0 Å². The molecule has 0 aliphatic rings. The summed E-state index contributed by atoms with van der Waals surface area (Å²) in [5.41, 5.74) is 0. The van der Waals surface area contributed by atoms with E-state index in [9.17, 15) is 0 Å². The Hall–Kier alpha value is 2.05. The van der Waals surface area contributed by atoms with E-state index in [-0.39, 0.29) is 0 Å². The predicted molar refractivity (Wildman–Crippen MR) is 47.6 cm³/mol. The van der Waals surface area contributed by atoms with Crippen LogP contribution in [-0.4, -0.2) is 11.1 Å². The molecule has 0 N–H and O–H groups in total. The molecule has 0 bridgehead atoms. The number of rotatable bonds is 3. The Labute approximate surface area is 89.8 Å². The molecule has 0 saturated heterocycles. The van der Waals surface area contributed by atoms with Crippen LogP contribution < -0.4 is 0 Å². The summed E-state index contributed by atoms with van der Waals surface area (Å²) in [6.45, 7) is 0. The fourth-order valence-corrected chi connectivity index (χ4v) is 4.14. The molecular formula is Cl6N3P. The van der Waals surface area contributed by atoms with E-state index in [4.69, 9.17) is 70.7 Å². The lowest BCUT2D eigenvalue weighted by Crippen LogP contribution is -2.07. The average molecular weight is 286 g/mol. The van der Waals surface area contributed by atoms with Gasteiger partial charge in [0, 0.05) is 70.7 Å². The molecule has 0 heterocycles. The molecule has 0 aliphatic carbocycles. The van der Waals surface area contributed by atoms with Crippen LogP contribution in [0.15, 0.2) is 0 Å². The second kappa shape index (κ2) is 5.65. The summed E-state index contributed by atoms with van der Waals surface area (Å²) in [5, 5.41) is 0. The Morgan fingerprint density at radius 3 is 0.800 bits per heavy atom. The summed E-state index contributed by atoms with van der Waals surface area (Å²) < 4.78 is 1.94. The molecule has 0 unspecified atom stereocenters. The van der Waals surface area contributed by atoms with Crippen molar-refractivity contribution in [1.82, 2.24) is 11.1 Å². The maximum Gasteiger partial charge on any atom is 0.211 e. The average Bonchev–Trinajstić information content (AvgIpc) is 1.59. The minimum atomic E-state index is -1.65. The number of nitrogens with zero attached hydrogens (tertiary/aromatic N) is 3. The molecule has 62 valence electrons. The monoisotopic (exact) mass is 283 g/mol. The molecule has 0 atom stereocenters. The van der Waals surface area contributed by atoms with Crippen LogP contribution >= 0.6 is 79.0 Å². The maximum absolute atomic E-state index is 5.24. The molecule has 0 fully saturated rings. The lowest BCUT2D eigenvalue weighted by molar-refractivity contribution is 0.933. The topological polar surface area (TPSA) is 9.72 Å². The lowest BCUT2D eigenvalue weighted by atomic mass is 13.7. The summed E-state index contributed by atoms with van der Waals surface area (Å²) in [6, 6.07) is 0. The SMILES string of the molecule is ClN(Cl)P(N(Cl)Cl)N(Cl)Cl. The first-order valence-corrected chi connectivity index (χ1v) is 4.84. The van der Waals surface area contributed by atoms with Crippen molar-refractivity contribution in [3.63, 3.8) is 0 Å². The molecule has 10 heavy (non-hydrogen) atoms. The molecule has 0 radical (unpaired) electrons. The highest BCUT2D eigenvalue weighted by atomic mass is 35.6. The standard InChI is InChI=1S/Cl6N3P/c1-7(2)10(8(3)4)9(5)6. The van der Waals surface area contributed by atoms with Gasteiger partial charge in [-0.05, 0) is 0 Å². The smallest absolute Gasteiger partial charge is 0.0745 e. The van der Waals surface area contributed by atoms with Gasteiger partial charge in [0.15, 0.2) is 0 Å². The van der Waals surface area contributed by atoms with Crippen LogP contribution in [0, 0.1) is 0 Å². The van der Waals surface area contributed by atoms with Gasteiger partial charge in [0.05, 0.1) is 0 Å². The summed E-state index contributed by atoms with van der Waals surface area (Å²) >= 11 is 31.4. The van der Waals surface area contributed by atoms with Gasteiger partial charge >= 0.3 is 0 Å². The minimum absolute atomic E-state index is 0.648. The third-order valence-corrected chi connectivity index (χ3v) is 3.65. The van der Waals surface area contributed by atoms with Crippen LogP contribution in [0.4, 0.5) is 0 Å². The van der Waals surface area contributed by atoms with Crippen LogP contribution in [0.5, 0.6) is 0 Å². The Bertz CT molecular complexity index is 74.0. The van der Waals surface area contributed by atoms with Crippen molar-refractivity contribution in [2.24, 2.45) is 0 Å².